The number of carbonyl (C=O) groups is 3. The number of β-lactam (4-membered cyclic amide) rings is 1. The average molecular weight is 458 g/mol. The molecule has 0 radical (unpaired) electrons. The van der Waals surface area contributed by atoms with Gasteiger partial charge in [0, 0.05) is 10.2 Å². The molecule has 1 aromatic carbocycles. The van der Waals surface area contributed by atoms with Crippen LogP contribution in [0.25, 0.3) is 0 Å². The smallest absolute Gasteiger partial charge is 0.352 e. The summed E-state index contributed by atoms with van der Waals surface area (Å²) in [6, 6.07) is 8.62. The van der Waals surface area contributed by atoms with Crippen molar-refractivity contribution in [2.24, 2.45) is 0 Å². The molecule has 2 heterocycles. The first-order valence-electron chi connectivity index (χ1n) is 7.32. The van der Waals surface area contributed by atoms with E-state index in [1.807, 2.05) is 30.3 Å². The van der Waals surface area contributed by atoms with Crippen LogP contribution >= 0.6 is 34.4 Å². The van der Waals surface area contributed by atoms with Crippen molar-refractivity contribution in [2.75, 3.05) is 10.2 Å². The van der Waals surface area contributed by atoms with Crippen molar-refractivity contribution in [1.82, 2.24) is 10.2 Å². The number of carboxylic acid groups (broad SMARTS) is 1. The van der Waals surface area contributed by atoms with Gasteiger partial charge >= 0.3 is 5.97 Å². The van der Waals surface area contributed by atoms with Crippen LogP contribution in [0.2, 0.25) is 0 Å². The van der Waals surface area contributed by atoms with Crippen LogP contribution in [0.4, 0.5) is 0 Å². The summed E-state index contributed by atoms with van der Waals surface area (Å²) in [5.41, 5.74) is 1.69. The molecule has 0 aromatic heterocycles. The number of rotatable bonds is 5. The third kappa shape index (κ3) is 3.16. The van der Waals surface area contributed by atoms with Gasteiger partial charge in [0.25, 0.3) is 5.91 Å². The molecule has 2 N–H and O–H groups in total. The van der Waals surface area contributed by atoms with E-state index in [-0.39, 0.29) is 29.3 Å². The summed E-state index contributed by atoms with van der Waals surface area (Å²) in [4.78, 5) is 37.3. The van der Waals surface area contributed by atoms with Crippen molar-refractivity contribution in [1.29, 1.82) is 0 Å². The Balaban J connectivity index is 1.69. The molecule has 126 valence electrons. The minimum Gasteiger partial charge on any atom is -0.477 e. The highest BCUT2D eigenvalue weighted by molar-refractivity contribution is 14.1. The van der Waals surface area contributed by atoms with Crippen molar-refractivity contribution >= 4 is 52.1 Å². The van der Waals surface area contributed by atoms with Gasteiger partial charge in [0.05, 0.1) is 6.42 Å². The third-order valence-corrected chi connectivity index (χ3v) is 6.20. The van der Waals surface area contributed by atoms with E-state index in [1.54, 1.807) is 0 Å². The molecular formula is C16H15IN2O4S. The summed E-state index contributed by atoms with van der Waals surface area (Å²) < 4.78 is 0.563. The Labute approximate surface area is 156 Å². The number of hydrogen-bond acceptors (Lipinski definition) is 4. The Morgan fingerprint density at radius 2 is 2.04 bits per heavy atom. The van der Waals surface area contributed by atoms with E-state index in [0.717, 1.165) is 11.1 Å². The van der Waals surface area contributed by atoms with Crippen molar-refractivity contribution in [3.8, 4) is 0 Å². The monoisotopic (exact) mass is 458 g/mol. The molecule has 1 saturated heterocycles. The van der Waals surface area contributed by atoms with Gasteiger partial charge in [0.2, 0.25) is 5.91 Å². The lowest BCUT2D eigenvalue weighted by Gasteiger charge is -2.49. The maximum Gasteiger partial charge on any atom is 0.352 e. The number of alkyl halides is 1. The number of benzene rings is 1. The second-order valence-corrected chi connectivity index (χ2v) is 7.38. The zero-order chi connectivity index (χ0) is 17.3. The third-order valence-electron chi connectivity index (χ3n) is 3.94. The highest BCUT2D eigenvalue weighted by Crippen LogP contribution is 2.40. The zero-order valence-corrected chi connectivity index (χ0v) is 15.5. The fourth-order valence-corrected chi connectivity index (χ4v) is 5.13. The molecule has 2 amide bonds. The number of halogens is 1. The van der Waals surface area contributed by atoms with Gasteiger partial charge in [0.1, 0.15) is 17.1 Å². The average Bonchev–Trinajstić information content (AvgIpc) is 2.58. The van der Waals surface area contributed by atoms with Gasteiger partial charge in [-0.2, -0.15) is 0 Å². The predicted octanol–water partition coefficient (Wildman–Crippen LogP) is 1.40. The van der Waals surface area contributed by atoms with Crippen molar-refractivity contribution in [3.05, 3.63) is 47.2 Å². The molecule has 1 aromatic rings. The Bertz CT molecular complexity index is 722. The van der Waals surface area contributed by atoms with Crippen LogP contribution in [0.15, 0.2) is 41.6 Å². The lowest BCUT2D eigenvalue weighted by Crippen LogP contribution is -2.70. The molecule has 0 unspecified atom stereocenters. The number of carboxylic acids is 1. The topological polar surface area (TPSA) is 86.7 Å². The Kier molecular flexibility index (Phi) is 5.14. The molecule has 0 spiro atoms. The number of carbonyl (C=O) groups excluding carboxylic acids is 2. The van der Waals surface area contributed by atoms with Crippen molar-refractivity contribution in [3.63, 3.8) is 0 Å². The Morgan fingerprint density at radius 3 is 2.67 bits per heavy atom. The van der Waals surface area contributed by atoms with Gasteiger partial charge in [-0.15, -0.1) is 11.8 Å². The first kappa shape index (κ1) is 17.3. The molecule has 0 aliphatic carbocycles. The van der Waals surface area contributed by atoms with Crippen LogP contribution in [-0.4, -0.2) is 49.4 Å². The van der Waals surface area contributed by atoms with E-state index in [2.05, 4.69) is 27.9 Å². The number of fused-ring (bicyclic) bond motifs is 1. The fourth-order valence-electron chi connectivity index (χ4n) is 2.79. The second kappa shape index (κ2) is 7.14. The minimum absolute atomic E-state index is 0.0757. The highest BCUT2D eigenvalue weighted by atomic mass is 127. The molecule has 8 heteroatoms. The van der Waals surface area contributed by atoms with Gasteiger partial charge in [-0.05, 0) is 11.1 Å². The van der Waals surface area contributed by atoms with Gasteiger partial charge < -0.3 is 10.4 Å². The van der Waals surface area contributed by atoms with Crippen LogP contribution in [0.3, 0.4) is 0 Å². The molecule has 2 atom stereocenters. The predicted molar refractivity (Wildman–Crippen MR) is 98.7 cm³/mol. The molecule has 0 saturated carbocycles. The van der Waals surface area contributed by atoms with Crippen LogP contribution in [0.5, 0.6) is 0 Å². The van der Waals surface area contributed by atoms with E-state index < -0.39 is 12.0 Å². The van der Waals surface area contributed by atoms with Gasteiger partial charge in [-0.1, -0.05) is 52.9 Å². The Hall–Kier alpha value is -1.55. The van der Waals surface area contributed by atoms with E-state index in [0.29, 0.717) is 10.2 Å². The quantitative estimate of drug-likeness (QED) is 0.396. The van der Waals surface area contributed by atoms with Crippen LogP contribution < -0.4 is 5.32 Å². The van der Waals surface area contributed by atoms with E-state index in [1.165, 1.54) is 16.7 Å². The Morgan fingerprint density at radius 1 is 1.33 bits per heavy atom. The lowest BCUT2D eigenvalue weighted by molar-refractivity contribution is -0.150. The summed E-state index contributed by atoms with van der Waals surface area (Å²) >= 11 is 3.59. The van der Waals surface area contributed by atoms with Gasteiger partial charge in [-0.25, -0.2) is 4.79 Å². The highest BCUT2D eigenvalue weighted by Gasteiger charge is 2.53. The number of amides is 2. The van der Waals surface area contributed by atoms with E-state index in [9.17, 15) is 19.5 Å². The summed E-state index contributed by atoms with van der Waals surface area (Å²) in [7, 11) is 0. The summed E-state index contributed by atoms with van der Waals surface area (Å²) in [6.45, 7) is 0. The van der Waals surface area contributed by atoms with Gasteiger partial charge in [0.15, 0.2) is 0 Å². The SMILES string of the molecule is O=C(Cc1ccccc1)N[C@@H]1C(=O)N2C(C(=O)O)=C(CI)CS[C@@H]12. The van der Waals surface area contributed by atoms with Gasteiger partial charge in [-0.3, -0.25) is 14.5 Å². The maximum atomic E-state index is 12.4. The molecule has 3 rings (SSSR count). The van der Waals surface area contributed by atoms with E-state index in [4.69, 9.17) is 0 Å². The van der Waals surface area contributed by atoms with Crippen LogP contribution in [0, 0.1) is 0 Å². The molecule has 2 aliphatic rings. The number of nitrogens with zero attached hydrogens (tertiary/aromatic N) is 1. The lowest BCUT2D eigenvalue weighted by atomic mass is 10.0. The molecule has 24 heavy (non-hydrogen) atoms. The largest absolute Gasteiger partial charge is 0.477 e. The molecular weight excluding hydrogens is 443 g/mol. The second-order valence-electron chi connectivity index (χ2n) is 5.51. The molecule has 1 fully saturated rings. The zero-order valence-electron chi connectivity index (χ0n) is 12.6. The molecule has 0 bridgehead atoms. The fraction of sp³-hybridized carbons (Fsp3) is 0.312. The summed E-state index contributed by atoms with van der Waals surface area (Å²) in [5.74, 6) is -1.12. The van der Waals surface area contributed by atoms with Crippen molar-refractivity contribution < 1.29 is 19.5 Å². The number of thioether (sulfide) groups is 1. The van der Waals surface area contributed by atoms with Crippen LogP contribution in [0.1, 0.15) is 5.56 Å². The minimum atomic E-state index is -1.09. The number of aliphatic carboxylic acids is 1. The maximum absolute atomic E-state index is 12.4. The normalized spacial score (nSPS) is 22.7. The van der Waals surface area contributed by atoms with E-state index >= 15 is 0 Å². The number of hydrogen-bond donors (Lipinski definition) is 2. The summed E-state index contributed by atoms with van der Waals surface area (Å²) in [6.07, 6.45) is 0.197. The standard InChI is InChI=1S/C16H15IN2O4S/c17-7-10-8-24-15-12(14(21)19(15)13(10)16(22)23)18-11(20)6-9-4-2-1-3-5-9/h1-5,12,15H,6-8H2,(H,18,20)(H,22,23)/t12-,15+/m1/s1. The first-order valence-corrected chi connectivity index (χ1v) is 9.89. The van der Waals surface area contributed by atoms with Crippen LogP contribution in [-0.2, 0) is 20.8 Å². The van der Waals surface area contributed by atoms with Crippen molar-refractivity contribution in [2.45, 2.75) is 17.8 Å². The first-order chi connectivity index (χ1) is 11.5. The number of nitrogens with one attached hydrogen (secondary N) is 1. The summed E-state index contributed by atoms with van der Waals surface area (Å²) in [5, 5.41) is 11.8. The molecule has 6 nitrogen and oxygen atoms in total. The molecule has 2 aliphatic heterocycles.